The summed E-state index contributed by atoms with van der Waals surface area (Å²) in [6.45, 7) is 1.60. The first-order chi connectivity index (χ1) is 12.9. The highest BCUT2D eigenvalue weighted by molar-refractivity contribution is 6.31. The van der Waals surface area contributed by atoms with Crippen LogP contribution >= 0.6 is 23.2 Å². The van der Waals surface area contributed by atoms with E-state index < -0.39 is 5.97 Å². The third kappa shape index (κ3) is 4.26. The van der Waals surface area contributed by atoms with Crippen LogP contribution < -0.4 is 10.3 Å². The predicted octanol–water partition coefficient (Wildman–Crippen LogP) is 4.29. The molecule has 0 spiro atoms. The molecule has 0 radical (unpaired) electrons. The summed E-state index contributed by atoms with van der Waals surface area (Å²) in [5.74, 6) is -0.0967. The van der Waals surface area contributed by atoms with Gasteiger partial charge in [0.25, 0.3) is 5.56 Å². The van der Waals surface area contributed by atoms with Crippen molar-refractivity contribution in [2.24, 2.45) is 0 Å². The summed E-state index contributed by atoms with van der Waals surface area (Å²) < 4.78 is 10.2. The molecule has 0 amide bonds. The summed E-state index contributed by atoms with van der Waals surface area (Å²) in [5, 5.41) is 1.73. The summed E-state index contributed by atoms with van der Waals surface area (Å²) in [6, 6.07) is 10.6. The minimum absolute atomic E-state index is 0.198. The van der Waals surface area contributed by atoms with E-state index >= 15 is 0 Å². The number of aromatic amines is 1. The van der Waals surface area contributed by atoms with E-state index in [1.807, 2.05) is 19.1 Å². The molecule has 1 heterocycles. The number of H-pyrrole nitrogens is 1. The molecule has 3 rings (SSSR count). The lowest BCUT2D eigenvalue weighted by Gasteiger charge is -2.14. The van der Waals surface area contributed by atoms with Crippen LogP contribution in [0.25, 0.3) is 10.9 Å². The van der Waals surface area contributed by atoms with Gasteiger partial charge in [0.1, 0.15) is 5.75 Å². The SMILES string of the molecule is COC(=O)COc1cc(Cl)cc2[nH]c(=O)c(Cc3ccc(Cl)cc3)c(C)c12. The molecule has 2 aromatic carbocycles. The lowest BCUT2D eigenvalue weighted by molar-refractivity contribution is -0.142. The normalized spacial score (nSPS) is 10.8. The van der Waals surface area contributed by atoms with E-state index in [-0.39, 0.29) is 12.2 Å². The number of aryl methyl sites for hydroxylation is 1. The third-order valence-corrected chi connectivity index (χ3v) is 4.75. The fraction of sp³-hybridized carbons (Fsp3) is 0.200. The van der Waals surface area contributed by atoms with Crippen molar-refractivity contribution in [1.29, 1.82) is 0 Å². The zero-order valence-corrected chi connectivity index (χ0v) is 16.3. The molecule has 27 heavy (non-hydrogen) atoms. The molecule has 0 aliphatic carbocycles. The number of rotatable bonds is 5. The Morgan fingerprint density at radius 1 is 1.11 bits per heavy atom. The van der Waals surface area contributed by atoms with Gasteiger partial charge >= 0.3 is 5.97 Å². The molecule has 0 atom stereocenters. The first kappa shape index (κ1) is 19.3. The molecule has 1 aromatic heterocycles. The van der Waals surface area contributed by atoms with Gasteiger partial charge in [-0.15, -0.1) is 0 Å². The van der Waals surface area contributed by atoms with Crippen LogP contribution in [0.3, 0.4) is 0 Å². The highest BCUT2D eigenvalue weighted by Crippen LogP contribution is 2.32. The molecule has 0 fully saturated rings. The number of esters is 1. The molecule has 0 aliphatic heterocycles. The number of methoxy groups -OCH3 is 1. The molecule has 0 saturated heterocycles. The maximum atomic E-state index is 12.6. The lowest BCUT2D eigenvalue weighted by atomic mass is 9.98. The van der Waals surface area contributed by atoms with Gasteiger partial charge in [0, 0.05) is 27.4 Å². The van der Waals surface area contributed by atoms with E-state index in [4.69, 9.17) is 27.9 Å². The maximum absolute atomic E-state index is 12.6. The predicted molar refractivity (Wildman–Crippen MR) is 106 cm³/mol. The van der Waals surface area contributed by atoms with Crippen molar-refractivity contribution in [3.63, 3.8) is 0 Å². The highest BCUT2D eigenvalue weighted by atomic mass is 35.5. The third-order valence-electron chi connectivity index (χ3n) is 4.28. The number of fused-ring (bicyclic) bond motifs is 1. The van der Waals surface area contributed by atoms with Crippen molar-refractivity contribution in [1.82, 2.24) is 4.98 Å². The van der Waals surface area contributed by atoms with Crippen LogP contribution in [-0.4, -0.2) is 24.7 Å². The smallest absolute Gasteiger partial charge is 0.343 e. The number of halogens is 2. The second kappa shape index (κ2) is 8.03. The first-order valence-electron chi connectivity index (χ1n) is 8.18. The summed E-state index contributed by atoms with van der Waals surface area (Å²) in [6.07, 6.45) is 0.438. The van der Waals surface area contributed by atoms with Gasteiger partial charge in [0.2, 0.25) is 0 Å². The van der Waals surface area contributed by atoms with Gasteiger partial charge in [0.05, 0.1) is 12.6 Å². The molecule has 0 bridgehead atoms. The maximum Gasteiger partial charge on any atom is 0.343 e. The van der Waals surface area contributed by atoms with Crippen LogP contribution in [0, 0.1) is 6.92 Å². The van der Waals surface area contributed by atoms with Crippen LogP contribution in [-0.2, 0) is 16.0 Å². The Labute approximate surface area is 165 Å². The van der Waals surface area contributed by atoms with E-state index in [9.17, 15) is 9.59 Å². The first-order valence-corrected chi connectivity index (χ1v) is 8.93. The standard InChI is InChI=1S/C20H17Cl2NO4/c1-11-15(7-12-3-5-13(21)6-4-12)20(25)23-16-8-14(22)9-17(19(11)16)27-10-18(24)26-2/h3-6,8-9H,7,10H2,1-2H3,(H,23,25). The Bertz CT molecular complexity index is 1060. The van der Waals surface area contributed by atoms with Gasteiger partial charge in [0.15, 0.2) is 6.61 Å². The Morgan fingerprint density at radius 3 is 2.48 bits per heavy atom. The Morgan fingerprint density at radius 2 is 1.81 bits per heavy atom. The zero-order chi connectivity index (χ0) is 19.6. The van der Waals surface area contributed by atoms with Gasteiger partial charge in [-0.1, -0.05) is 35.3 Å². The van der Waals surface area contributed by atoms with Crippen molar-refractivity contribution in [3.05, 3.63) is 73.5 Å². The minimum atomic E-state index is -0.508. The van der Waals surface area contributed by atoms with Crippen molar-refractivity contribution >= 4 is 40.1 Å². The van der Waals surface area contributed by atoms with Gasteiger partial charge in [-0.05, 0) is 42.3 Å². The van der Waals surface area contributed by atoms with Crippen molar-refractivity contribution in [2.45, 2.75) is 13.3 Å². The number of carbonyl (C=O) groups excluding carboxylic acids is 1. The number of nitrogens with one attached hydrogen (secondary N) is 1. The Hall–Kier alpha value is -2.50. The van der Waals surface area contributed by atoms with Gasteiger partial charge in [-0.2, -0.15) is 0 Å². The number of ether oxygens (including phenoxy) is 2. The molecule has 0 saturated carbocycles. The number of benzene rings is 2. The molecule has 0 aliphatic rings. The number of carbonyl (C=O) groups is 1. The molecule has 1 N–H and O–H groups in total. The largest absolute Gasteiger partial charge is 0.481 e. The fourth-order valence-corrected chi connectivity index (χ4v) is 3.25. The van der Waals surface area contributed by atoms with Gasteiger partial charge < -0.3 is 14.5 Å². The van der Waals surface area contributed by atoms with Crippen LogP contribution in [0.15, 0.2) is 41.2 Å². The van der Waals surface area contributed by atoms with E-state index in [0.29, 0.717) is 38.7 Å². The van der Waals surface area contributed by atoms with E-state index in [0.717, 1.165) is 11.1 Å². The average Bonchev–Trinajstić information content (AvgIpc) is 2.63. The van der Waals surface area contributed by atoms with Crippen LogP contribution in [0.5, 0.6) is 5.75 Å². The zero-order valence-electron chi connectivity index (χ0n) is 14.8. The lowest BCUT2D eigenvalue weighted by Crippen LogP contribution is -2.17. The summed E-state index contributed by atoms with van der Waals surface area (Å²) >= 11 is 12.1. The quantitative estimate of drug-likeness (QED) is 0.642. The highest BCUT2D eigenvalue weighted by Gasteiger charge is 2.16. The molecule has 0 unspecified atom stereocenters. The summed E-state index contributed by atoms with van der Waals surface area (Å²) in [5.41, 5.74) is 2.68. The van der Waals surface area contributed by atoms with Crippen LogP contribution in [0.2, 0.25) is 10.0 Å². The Balaban J connectivity index is 2.10. The van der Waals surface area contributed by atoms with Crippen molar-refractivity contribution in [2.75, 3.05) is 13.7 Å². The second-order valence-corrected chi connectivity index (χ2v) is 6.93. The van der Waals surface area contributed by atoms with Crippen LogP contribution in [0.4, 0.5) is 0 Å². The number of hydrogen-bond donors (Lipinski definition) is 1. The number of aromatic nitrogens is 1. The van der Waals surface area contributed by atoms with E-state index in [1.165, 1.54) is 7.11 Å². The summed E-state index contributed by atoms with van der Waals surface area (Å²) in [7, 11) is 1.29. The number of hydrogen-bond acceptors (Lipinski definition) is 4. The average molecular weight is 406 g/mol. The Kier molecular flexibility index (Phi) is 5.73. The summed E-state index contributed by atoms with van der Waals surface area (Å²) in [4.78, 5) is 26.9. The molecule has 3 aromatic rings. The van der Waals surface area contributed by atoms with E-state index in [2.05, 4.69) is 9.72 Å². The molecule has 7 heteroatoms. The second-order valence-electron chi connectivity index (χ2n) is 6.05. The monoisotopic (exact) mass is 405 g/mol. The van der Waals surface area contributed by atoms with Crippen molar-refractivity contribution in [3.8, 4) is 5.75 Å². The molecule has 140 valence electrons. The molecular weight excluding hydrogens is 389 g/mol. The number of pyridine rings is 1. The fourth-order valence-electron chi connectivity index (χ4n) is 2.91. The van der Waals surface area contributed by atoms with Gasteiger partial charge in [-0.3, -0.25) is 4.79 Å². The minimum Gasteiger partial charge on any atom is -0.481 e. The molecule has 5 nitrogen and oxygen atoms in total. The van der Waals surface area contributed by atoms with Crippen molar-refractivity contribution < 1.29 is 14.3 Å². The molecular formula is C20H17Cl2NO4. The van der Waals surface area contributed by atoms with Gasteiger partial charge in [-0.25, -0.2) is 4.79 Å². The topological polar surface area (TPSA) is 68.4 Å². The van der Waals surface area contributed by atoms with E-state index in [1.54, 1.807) is 24.3 Å². The van der Waals surface area contributed by atoms with Crippen LogP contribution in [0.1, 0.15) is 16.7 Å².